The molecule has 3 rings (SSSR count). The SMILES string of the molecule is CCOc1ccc(C(=O)N/N=C\c2cc(C)n(-c3ccccc3I)c2C)cc1. The van der Waals surface area contributed by atoms with Crippen LogP contribution in [0.15, 0.2) is 59.7 Å². The Labute approximate surface area is 178 Å². The van der Waals surface area contributed by atoms with Crippen LogP contribution in [0.2, 0.25) is 0 Å². The van der Waals surface area contributed by atoms with E-state index in [9.17, 15) is 4.79 Å². The van der Waals surface area contributed by atoms with Gasteiger partial charge in [0.15, 0.2) is 0 Å². The van der Waals surface area contributed by atoms with E-state index in [4.69, 9.17) is 4.74 Å². The highest BCUT2D eigenvalue weighted by Gasteiger charge is 2.11. The molecule has 0 spiro atoms. The third kappa shape index (κ3) is 4.44. The van der Waals surface area contributed by atoms with Gasteiger partial charge in [-0.25, -0.2) is 5.43 Å². The molecule has 6 heteroatoms. The summed E-state index contributed by atoms with van der Waals surface area (Å²) in [7, 11) is 0. The number of ether oxygens (including phenoxy) is 1. The van der Waals surface area contributed by atoms with E-state index in [1.165, 1.54) is 3.57 Å². The van der Waals surface area contributed by atoms with Crippen molar-refractivity contribution in [1.82, 2.24) is 9.99 Å². The van der Waals surface area contributed by atoms with Gasteiger partial charge in [-0.15, -0.1) is 0 Å². The zero-order valence-corrected chi connectivity index (χ0v) is 18.2. The molecule has 28 heavy (non-hydrogen) atoms. The molecule has 5 nitrogen and oxygen atoms in total. The van der Waals surface area contributed by atoms with Crippen molar-refractivity contribution in [1.29, 1.82) is 0 Å². The molecular formula is C22H22IN3O2. The molecule has 0 fully saturated rings. The number of carbonyl (C=O) groups excluding carboxylic acids is 1. The van der Waals surface area contributed by atoms with Gasteiger partial charge in [0.25, 0.3) is 5.91 Å². The average Bonchev–Trinajstić information content (AvgIpc) is 2.96. The van der Waals surface area contributed by atoms with Crippen LogP contribution >= 0.6 is 22.6 Å². The molecule has 0 bridgehead atoms. The maximum Gasteiger partial charge on any atom is 0.271 e. The number of benzene rings is 2. The average molecular weight is 487 g/mol. The van der Waals surface area contributed by atoms with Crippen LogP contribution in [0.4, 0.5) is 0 Å². The number of hydrazone groups is 1. The van der Waals surface area contributed by atoms with E-state index >= 15 is 0 Å². The molecule has 144 valence electrons. The Morgan fingerprint density at radius 3 is 2.57 bits per heavy atom. The van der Waals surface area contributed by atoms with E-state index in [1.54, 1.807) is 30.5 Å². The zero-order chi connectivity index (χ0) is 20.1. The fraction of sp³-hybridized carbons (Fsp3) is 0.182. The molecule has 1 N–H and O–H groups in total. The summed E-state index contributed by atoms with van der Waals surface area (Å²) in [4.78, 5) is 12.3. The number of aryl methyl sites for hydroxylation is 1. The number of amides is 1. The highest BCUT2D eigenvalue weighted by molar-refractivity contribution is 14.1. The predicted octanol–water partition coefficient (Wildman–Crippen LogP) is 4.86. The fourth-order valence-electron chi connectivity index (χ4n) is 3.02. The molecule has 3 aromatic rings. The van der Waals surface area contributed by atoms with E-state index in [0.29, 0.717) is 12.2 Å². The monoisotopic (exact) mass is 487 g/mol. The van der Waals surface area contributed by atoms with E-state index in [1.807, 2.05) is 26.0 Å². The van der Waals surface area contributed by atoms with Crippen molar-refractivity contribution < 1.29 is 9.53 Å². The number of nitrogens with one attached hydrogen (secondary N) is 1. The third-order valence-corrected chi connectivity index (χ3v) is 5.27. The van der Waals surface area contributed by atoms with Crippen molar-refractivity contribution in [3.8, 4) is 11.4 Å². The Morgan fingerprint density at radius 2 is 1.89 bits per heavy atom. The van der Waals surface area contributed by atoms with Crippen LogP contribution in [0.1, 0.15) is 34.2 Å². The fourth-order valence-corrected chi connectivity index (χ4v) is 3.64. The van der Waals surface area contributed by atoms with Crippen molar-refractivity contribution in [2.45, 2.75) is 20.8 Å². The highest BCUT2D eigenvalue weighted by atomic mass is 127. The second kappa shape index (κ2) is 9.05. The first-order valence-electron chi connectivity index (χ1n) is 9.01. The van der Waals surface area contributed by atoms with Gasteiger partial charge in [-0.3, -0.25) is 4.79 Å². The van der Waals surface area contributed by atoms with Gasteiger partial charge >= 0.3 is 0 Å². The van der Waals surface area contributed by atoms with Gasteiger partial charge < -0.3 is 9.30 Å². The molecule has 2 aromatic carbocycles. The van der Waals surface area contributed by atoms with Crippen LogP contribution in [0.25, 0.3) is 5.69 Å². The van der Waals surface area contributed by atoms with Crippen LogP contribution in [0.3, 0.4) is 0 Å². The van der Waals surface area contributed by atoms with Crippen molar-refractivity contribution >= 4 is 34.7 Å². The number of hydrogen-bond acceptors (Lipinski definition) is 3. The molecule has 1 aromatic heterocycles. The summed E-state index contributed by atoms with van der Waals surface area (Å²) >= 11 is 2.34. The van der Waals surface area contributed by atoms with Crippen LogP contribution in [-0.4, -0.2) is 23.3 Å². The molecular weight excluding hydrogens is 465 g/mol. The smallest absolute Gasteiger partial charge is 0.271 e. The maximum atomic E-state index is 12.3. The first-order valence-corrected chi connectivity index (χ1v) is 10.1. The molecule has 0 aliphatic heterocycles. The molecule has 0 atom stereocenters. The number of aromatic nitrogens is 1. The lowest BCUT2D eigenvalue weighted by Gasteiger charge is -2.11. The van der Waals surface area contributed by atoms with Gasteiger partial charge in [0.1, 0.15) is 5.75 Å². The second-order valence-electron chi connectivity index (χ2n) is 6.27. The van der Waals surface area contributed by atoms with E-state index in [2.05, 4.69) is 62.8 Å². The van der Waals surface area contributed by atoms with Crippen molar-refractivity contribution in [3.05, 3.63) is 80.7 Å². The van der Waals surface area contributed by atoms with Gasteiger partial charge in [0, 0.05) is 26.1 Å². The van der Waals surface area contributed by atoms with E-state index in [-0.39, 0.29) is 5.91 Å². The third-order valence-electron chi connectivity index (χ3n) is 4.36. The summed E-state index contributed by atoms with van der Waals surface area (Å²) in [5.74, 6) is 0.483. The minimum absolute atomic E-state index is 0.259. The number of rotatable bonds is 6. The Hall–Kier alpha value is -2.61. The van der Waals surface area contributed by atoms with Crippen molar-refractivity contribution in [2.75, 3.05) is 6.61 Å². The van der Waals surface area contributed by atoms with Gasteiger partial charge in [-0.05, 0) is 85.8 Å². The first kappa shape index (κ1) is 20.1. The number of nitrogens with zero attached hydrogens (tertiary/aromatic N) is 2. The number of halogens is 1. The Morgan fingerprint density at radius 1 is 1.18 bits per heavy atom. The van der Waals surface area contributed by atoms with Gasteiger partial charge in [-0.1, -0.05) is 12.1 Å². The Balaban J connectivity index is 1.74. The summed E-state index contributed by atoms with van der Waals surface area (Å²) in [6.45, 7) is 6.62. The van der Waals surface area contributed by atoms with Crippen LogP contribution < -0.4 is 10.2 Å². The van der Waals surface area contributed by atoms with Crippen LogP contribution in [0, 0.1) is 17.4 Å². The molecule has 1 amide bonds. The summed E-state index contributed by atoms with van der Waals surface area (Å²) < 4.78 is 8.75. The number of para-hydroxylation sites is 1. The first-order chi connectivity index (χ1) is 13.5. The second-order valence-corrected chi connectivity index (χ2v) is 7.43. The minimum Gasteiger partial charge on any atom is -0.494 e. The Kier molecular flexibility index (Phi) is 6.51. The molecule has 0 radical (unpaired) electrons. The van der Waals surface area contributed by atoms with Gasteiger partial charge in [0.05, 0.1) is 18.5 Å². The maximum absolute atomic E-state index is 12.3. The lowest BCUT2D eigenvalue weighted by atomic mass is 10.2. The summed E-state index contributed by atoms with van der Waals surface area (Å²) in [5.41, 5.74) is 7.40. The zero-order valence-electron chi connectivity index (χ0n) is 16.1. The summed E-state index contributed by atoms with van der Waals surface area (Å²) in [6, 6.07) is 17.3. The van der Waals surface area contributed by atoms with Gasteiger partial charge in [-0.2, -0.15) is 5.10 Å². The quantitative estimate of drug-likeness (QED) is 0.307. The van der Waals surface area contributed by atoms with Crippen LogP contribution in [0.5, 0.6) is 5.75 Å². The molecule has 1 heterocycles. The lowest BCUT2D eigenvalue weighted by Crippen LogP contribution is -2.17. The topological polar surface area (TPSA) is 55.6 Å². The molecule has 0 aliphatic rings. The van der Waals surface area contributed by atoms with E-state index < -0.39 is 0 Å². The largest absolute Gasteiger partial charge is 0.494 e. The number of hydrogen-bond donors (Lipinski definition) is 1. The van der Waals surface area contributed by atoms with Crippen molar-refractivity contribution in [2.24, 2.45) is 5.10 Å². The summed E-state index contributed by atoms with van der Waals surface area (Å²) in [5, 5.41) is 4.14. The molecule has 0 aliphatic carbocycles. The predicted molar refractivity (Wildman–Crippen MR) is 121 cm³/mol. The minimum atomic E-state index is -0.259. The van der Waals surface area contributed by atoms with Crippen molar-refractivity contribution in [3.63, 3.8) is 0 Å². The van der Waals surface area contributed by atoms with E-state index in [0.717, 1.165) is 28.4 Å². The highest BCUT2D eigenvalue weighted by Crippen LogP contribution is 2.23. The summed E-state index contributed by atoms with van der Waals surface area (Å²) in [6.07, 6.45) is 1.68. The lowest BCUT2D eigenvalue weighted by molar-refractivity contribution is 0.0955. The molecule has 0 unspecified atom stereocenters. The number of carbonyl (C=O) groups is 1. The normalized spacial score (nSPS) is 11.0. The molecule has 0 saturated carbocycles. The van der Waals surface area contributed by atoms with Crippen LogP contribution in [-0.2, 0) is 0 Å². The standard InChI is InChI=1S/C22H22IN3O2/c1-4-28-19-11-9-17(10-12-19)22(27)25-24-14-18-13-15(2)26(16(18)3)21-8-6-5-7-20(21)23/h5-14H,4H2,1-3H3,(H,25,27)/b24-14-. The van der Waals surface area contributed by atoms with Gasteiger partial charge in [0.2, 0.25) is 0 Å². The Bertz CT molecular complexity index is 1010. The molecule has 0 saturated heterocycles.